The first-order valence-electron chi connectivity index (χ1n) is 10.1. The van der Waals surface area contributed by atoms with Gasteiger partial charge in [0, 0.05) is 32.1 Å². The number of likely N-dealkylation sites (tertiary alicyclic amines) is 1. The lowest BCUT2D eigenvalue weighted by Crippen LogP contribution is -2.40. The lowest BCUT2D eigenvalue weighted by molar-refractivity contribution is -0.124. The second kappa shape index (κ2) is 10.8. The summed E-state index contributed by atoms with van der Waals surface area (Å²) in [7, 11) is 4.67. The Kier molecular flexibility index (Phi) is 8.42. The largest absolute Gasteiger partial charge is 0.493 e. The minimum Gasteiger partial charge on any atom is -0.493 e. The monoisotopic (exact) mass is 407 g/mol. The molecule has 162 valence electrons. The number of hydrogen-bond donors (Lipinski definition) is 2. The number of urea groups is 1. The number of methoxy groups -OCH3 is 3. The van der Waals surface area contributed by atoms with Crippen molar-refractivity contribution in [3.05, 3.63) is 17.7 Å². The lowest BCUT2D eigenvalue weighted by atomic mass is 9.88. The van der Waals surface area contributed by atoms with Gasteiger partial charge in [-0.3, -0.25) is 4.79 Å². The molecule has 0 radical (unpaired) electrons. The molecular weight excluding hydrogens is 374 g/mol. The van der Waals surface area contributed by atoms with E-state index in [2.05, 4.69) is 17.6 Å². The van der Waals surface area contributed by atoms with Gasteiger partial charge >= 0.3 is 6.03 Å². The molecule has 2 rings (SSSR count). The van der Waals surface area contributed by atoms with E-state index in [0.29, 0.717) is 43.4 Å². The molecule has 1 fully saturated rings. The van der Waals surface area contributed by atoms with E-state index in [1.807, 2.05) is 19.1 Å². The van der Waals surface area contributed by atoms with Crippen LogP contribution in [0.15, 0.2) is 12.1 Å². The average molecular weight is 408 g/mol. The molecule has 2 atom stereocenters. The molecular formula is C21H33N3O5. The number of rotatable bonds is 9. The fraction of sp³-hybridized carbons (Fsp3) is 0.619. The average Bonchev–Trinajstić information content (AvgIpc) is 3.18. The van der Waals surface area contributed by atoms with Crippen LogP contribution >= 0.6 is 0 Å². The van der Waals surface area contributed by atoms with Gasteiger partial charge in [-0.25, -0.2) is 4.79 Å². The van der Waals surface area contributed by atoms with Gasteiger partial charge in [0.2, 0.25) is 11.7 Å². The molecule has 0 aromatic heterocycles. The van der Waals surface area contributed by atoms with Crippen molar-refractivity contribution in [1.82, 2.24) is 15.5 Å². The molecule has 1 saturated heterocycles. The summed E-state index contributed by atoms with van der Waals surface area (Å²) in [4.78, 5) is 27.0. The van der Waals surface area contributed by atoms with Crippen molar-refractivity contribution in [2.24, 2.45) is 5.92 Å². The highest BCUT2D eigenvalue weighted by Crippen LogP contribution is 2.43. The van der Waals surface area contributed by atoms with Crippen molar-refractivity contribution in [2.75, 3.05) is 47.5 Å². The Balaban J connectivity index is 2.36. The third-order valence-corrected chi connectivity index (χ3v) is 5.22. The second-order valence-electron chi connectivity index (χ2n) is 7.06. The number of benzene rings is 1. The molecule has 1 aromatic rings. The standard InChI is InChI=1S/C21H33N3O5/c1-6-8-9-23-20(25)16-13-24(21(26)22-7-2)12-15(16)14-10-17(27-3)19(29-5)18(11-14)28-4/h10-11,15-16H,6-9,12-13H2,1-5H3,(H,22,26)(H,23,25)/t15-,16+/m0/s1. The highest BCUT2D eigenvalue weighted by atomic mass is 16.5. The fourth-order valence-electron chi connectivity index (χ4n) is 3.67. The minimum atomic E-state index is -0.350. The van der Waals surface area contributed by atoms with Gasteiger partial charge in [0.05, 0.1) is 27.2 Å². The first-order valence-corrected chi connectivity index (χ1v) is 10.1. The van der Waals surface area contributed by atoms with Crippen LogP contribution in [-0.2, 0) is 4.79 Å². The summed E-state index contributed by atoms with van der Waals surface area (Å²) < 4.78 is 16.3. The van der Waals surface area contributed by atoms with Gasteiger partial charge < -0.3 is 29.7 Å². The summed E-state index contributed by atoms with van der Waals surface area (Å²) in [6.45, 7) is 5.94. The van der Waals surface area contributed by atoms with Crippen molar-refractivity contribution in [2.45, 2.75) is 32.6 Å². The Morgan fingerprint density at radius 1 is 1.03 bits per heavy atom. The van der Waals surface area contributed by atoms with Crippen LogP contribution in [0.5, 0.6) is 17.2 Å². The molecule has 0 bridgehead atoms. The molecule has 1 aliphatic heterocycles. The molecule has 8 heteroatoms. The van der Waals surface area contributed by atoms with Crippen molar-refractivity contribution in [3.63, 3.8) is 0 Å². The SMILES string of the molecule is CCCCNC(=O)[C@@H]1CN(C(=O)NCC)C[C@H]1c1cc(OC)c(OC)c(OC)c1. The first-order chi connectivity index (χ1) is 14.0. The summed E-state index contributed by atoms with van der Waals surface area (Å²) >= 11 is 0. The van der Waals surface area contributed by atoms with E-state index in [-0.39, 0.29) is 23.8 Å². The van der Waals surface area contributed by atoms with Crippen molar-refractivity contribution in [1.29, 1.82) is 0 Å². The van der Waals surface area contributed by atoms with E-state index in [1.54, 1.807) is 26.2 Å². The smallest absolute Gasteiger partial charge is 0.317 e. The minimum absolute atomic E-state index is 0.0380. The number of amides is 3. The molecule has 0 saturated carbocycles. The maximum atomic E-state index is 12.9. The Morgan fingerprint density at radius 2 is 1.69 bits per heavy atom. The highest BCUT2D eigenvalue weighted by Gasteiger charge is 2.41. The van der Waals surface area contributed by atoms with Crippen LogP contribution < -0.4 is 24.8 Å². The second-order valence-corrected chi connectivity index (χ2v) is 7.06. The maximum absolute atomic E-state index is 12.9. The van der Waals surface area contributed by atoms with E-state index < -0.39 is 0 Å². The molecule has 2 N–H and O–H groups in total. The fourth-order valence-corrected chi connectivity index (χ4v) is 3.67. The van der Waals surface area contributed by atoms with Gasteiger partial charge in [0.1, 0.15) is 0 Å². The molecule has 1 heterocycles. The molecule has 3 amide bonds. The van der Waals surface area contributed by atoms with E-state index >= 15 is 0 Å². The number of nitrogens with one attached hydrogen (secondary N) is 2. The van der Waals surface area contributed by atoms with Crippen molar-refractivity contribution in [3.8, 4) is 17.2 Å². The first kappa shape index (κ1) is 22.6. The van der Waals surface area contributed by atoms with Gasteiger partial charge in [0.25, 0.3) is 0 Å². The van der Waals surface area contributed by atoms with Gasteiger partial charge in [-0.15, -0.1) is 0 Å². The van der Waals surface area contributed by atoms with Crippen molar-refractivity contribution >= 4 is 11.9 Å². The van der Waals surface area contributed by atoms with Crippen LogP contribution in [0, 0.1) is 5.92 Å². The third kappa shape index (κ3) is 5.25. The summed E-state index contributed by atoms with van der Waals surface area (Å²) in [5, 5.41) is 5.83. The Hall–Kier alpha value is -2.64. The Morgan fingerprint density at radius 3 is 2.21 bits per heavy atom. The predicted octanol–water partition coefficient (Wildman–Crippen LogP) is 2.37. The van der Waals surface area contributed by atoms with E-state index in [0.717, 1.165) is 18.4 Å². The summed E-state index contributed by atoms with van der Waals surface area (Å²) in [5.41, 5.74) is 0.877. The van der Waals surface area contributed by atoms with Crippen LogP contribution in [0.1, 0.15) is 38.2 Å². The summed E-state index contributed by atoms with van der Waals surface area (Å²) in [5.74, 6) is 1.00. The number of unbranched alkanes of at least 4 members (excludes halogenated alkanes) is 1. The van der Waals surface area contributed by atoms with E-state index in [1.165, 1.54) is 0 Å². The molecule has 1 aromatic carbocycles. The highest BCUT2D eigenvalue weighted by molar-refractivity contribution is 5.83. The van der Waals surface area contributed by atoms with Crippen LogP contribution in [0.4, 0.5) is 4.79 Å². The quantitative estimate of drug-likeness (QED) is 0.614. The van der Waals surface area contributed by atoms with E-state index in [9.17, 15) is 9.59 Å². The number of carbonyl (C=O) groups is 2. The Bertz CT molecular complexity index is 685. The summed E-state index contributed by atoms with van der Waals surface area (Å²) in [6, 6.07) is 3.56. The molecule has 0 spiro atoms. The van der Waals surface area contributed by atoms with Crippen LogP contribution in [0.25, 0.3) is 0 Å². The topological polar surface area (TPSA) is 89.1 Å². The zero-order valence-corrected chi connectivity index (χ0v) is 18.0. The third-order valence-electron chi connectivity index (χ3n) is 5.22. The molecule has 1 aliphatic rings. The zero-order valence-electron chi connectivity index (χ0n) is 18.0. The normalized spacial score (nSPS) is 18.3. The van der Waals surface area contributed by atoms with Crippen molar-refractivity contribution < 1.29 is 23.8 Å². The molecule has 8 nitrogen and oxygen atoms in total. The van der Waals surface area contributed by atoms with Gasteiger partial charge in [0.15, 0.2) is 11.5 Å². The van der Waals surface area contributed by atoms with E-state index in [4.69, 9.17) is 14.2 Å². The maximum Gasteiger partial charge on any atom is 0.317 e. The predicted molar refractivity (Wildman–Crippen MR) is 111 cm³/mol. The number of nitrogens with zero attached hydrogens (tertiary/aromatic N) is 1. The van der Waals surface area contributed by atoms with Gasteiger partial charge in [-0.05, 0) is 31.0 Å². The van der Waals surface area contributed by atoms with Crippen LogP contribution in [0.3, 0.4) is 0 Å². The summed E-state index contributed by atoms with van der Waals surface area (Å²) in [6.07, 6.45) is 1.93. The molecule has 29 heavy (non-hydrogen) atoms. The molecule has 0 aliphatic carbocycles. The van der Waals surface area contributed by atoms with Crippen LogP contribution in [-0.4, -0.2) is 64.3 Å². The number of carbonyl (C=O) groups excluding carboxylic acids is 2. The number of ether oxygens (including phenoxy) is 3. The zero-order chi connectivity index (χ0) is 21.4. The number of hydrogen-bond acceptors (Lipinski definition) is 5. The molecule has 0 unspecified atom stereocenters. The Labute approximate surface area is 172 Å². The lowest BCUT2D eigenvalue weighted by Gasteiger charge is -2.21. The van der Waals surface area contributed by atoms with Gasteiger partial charge in [-0.1, -0.05) is 13.3 Å². The van der Waals surface area contributed by atoms with Gasteiger partial charge in [-0.2, -0.15) is 0 Å². The van der Waals surface area contributed by atoms with Crippen LogP contribution in [0.2, 0.25) is 0 Å².